The molecule has 2 aromatic rings. The van der Waals surface area contributed by atoms with Gasteiger partial charge in [0.15, 0.2) is 0 Å². The van der Waals surface area contributed by atoms with Gasteiger partial charge in [0.2, 0.25) is 0 Å². The Bertz CT molecular complexity index is 565. The summed E-state index contributed by atoms with van der Waals surface area (Å²) in [5.41, 5.74) is 2.83. The van der Waals surface area contributed by atoms with Gasteiger partial charge in [-0.3, -0.25) is 9.98 Å². The summed E-state index contributed by atoms with van der Waals surface area (Å²) in [4.78, 5) is 8.76. The first-order valence-corrected chi connectivity index (χ1v) is 8.60. The number of para-hydroxylation sites is 2. The van der Waals surface area contributed by atoms with E-state index in [-0.39, 0.29) is 0 Å². The fourth-order valence-electron chi connectivity index (χ4n) is 1.56. The van der Waals surface area contributed by atoms with Crippen molar-refractivity contribution in [2.45, 2.75) is 20.0 Å². The molecule has 0 amide bonds. The highest BCUT2D eigenvalue weighted by atomic mass is 28.3. The van der Waals surface area contributed by atoms with Gasteiger partial charge >= 0.3 is 0 Å². The van der Waals surface area contributed by atoms with E-state index in [4.69, 9.17) is 4.43 Å². The van der Waals surface area contributed by atoms with Crippen molar-refractivity contribution < 1.29 is 4.43 Å². The second-order valence-electron chi connectivity index (χ2n) is 4.50. The zero-order chi connectivity index (χ0) is 13.7. The van der Waals surface area contributed by atoms with E-state index in [2.05, 4.69) is 23.1 Å². The second-order valence-corrected chi connectivity index (χ2v) is 6.52. The fourth-order valence-corrected chi connectivity index (χ4v) is 2.17. The predicted octanol–water partition coefficient (Wildman–Crippen LogP) is 3.77. The first kappa shape index (κ1) is 13.5. The number of benzene rings is 1. The highest BCUT2D eigenvalue weighted by molar-refractivity contribution is 6.49. The summed E-state index contributed by atoms with van der Waals surface area (Å²) >= 11 is 0. The number of aliphatic imine (C=N–C) groups is 1. The molecule has 4 heteroatoms. The average Bonchev–Trinajstić information content (AvgIpc) is 2.39. The molecule has 0 spiro atoms. The molecule has 0 aliphatic heterocycles. The van der Waals surface area contributed by atoms with Crippen LogP contribution in [0.3, 0.4) is 0 Å². The van der Waals surface area contributed by atoms with Crippen LogP contribution < -0.4 is 4.43 Å². The summed E-state index contributed by atoms with van der Waals surface area (Å²) in [7, 11) is -0.786. The van der Waals surface area contributed by atoms with Crippen LogP contribution >= 0.6 is 0 Å². The molecule has 0 saturated carbocycles. The van der Waals surface area contributed by atoms with Crippen molar-refractivity contribution in [2.75, 3.05) is 0 Å². The van der Waals surface area contributed by atoms with Crippen molar-refractivity contribution in [3.8, 4) is 5.75 Å². The maximum atomic E-state index is 5.82. The van der Waals surface area contributed by atoms with Gasteiger partial charge in [-0.2, -0.15) is 0 Å². The topological polar surface area (TPSA) is 34.5 Å². The Balaban J connectivity index is 2.20. The molecule has 0 unspecified atom stereocenters. The standard InChI is InChI=1S/C15H17N2OSi/c1-12-8-9-13(16-10-12)11-17-14-6-4-5-7-15(14)18-19(2)3/h4-11H,1-3H3. The van der Waals surface area contributed by atoms with E-state index in [1.165, 1.54) is 0 Å². The minimum absolute atomic E-state index is 0.786. The van der Waals surface area contributed by atoms with Crippen molar-refractivity contribution in [3.05, 3.63) is 53.9 Å². The second kappa shape index (κ2) is 6.29. The van der Waals surface area contributed by atoms with Gasteiger partial charge in [0.1, 0.15) is 11.4 Å². The smallest absolute Gasteiger partial charge is 0.274 e. The summed E-state index contributed by atoms with van der Waals surface area (Å²) in [6.45, 7) is 6.22. The summed E-state index contributed by atoms with van der Waals surface area (Å²) in [5.74, 6) is 0.838. The van der Waals surface area contributed by atoms with Crippen LogP contribution in [0.25, 0.3) is 0 Å². The van der Waals surface area contributed by atoms with Crippen LogP contribution in [0, 0.1) is 6.92 Å². The number of aromatic nitrogens is 1. The van der Waals surface area contributed by atoms with Crippen LogP contribution in [0.1, 0.15) is 11.3 Å². The van der Waals surface area contributed by atoms with Crippen molar-refractivity contribution in [1.29, 1.82) is 0 Å². The third kappa shape index (κ3) is 4.03. The molecule has 1 heterocycles. The Kier molecular flexibility index (Phi) is 4.47. The molecule has 19 heavy (non-hydrogen) atoms. The fraction of sp³-hybridized carbons (Fsp3) is 0.200. The first-order valence-electron chi connectivity index (χ1n) is 6.19. The molecule has 1 radical (unpaired) electrons. The average molecular weight is 269 g/mol. The lowest BCUT2D eigenvalue weighted by molar-refractivity contribution is 0.582. The molecular formula is C15H17N2OSi. The number of nitrogens with zero attached hydrogens (tertiary/aromatic N) is 2. The monoisotopic (exact) mass is 269 g/mol. The molecule has 97 valence electrons. The van der Waals surface area contributed by atoms with Crippen molar-refractivity contribution >= 4 is 20.9 Å². The molecule has 3 nitrogen and oxygen atoms in total. The van der Waals surface area contributed by atoms with Gasteiger partial charge < -0.3 is 4.43 Å². The van der Waals surface area contributed by atoms with Gasteiger partial charge in [-0.15, -0.1) is 0 Å². The molecule has 1 aromatic heterocycles. The summed E-state index contributed by atoms with van der Waals surface area (Å²) in [6.07, 6.45) is 3.60. The van der Waals surface area contributed by atoms with Gasteiger partial charge in [0.05, 0.1) is 11.9 Å². The summed E-state index contributed by atoms with van der Waals surface area (Å²) in [6, 6.07) is 11.8. The van der Waals surface area contributed by atoms with Gasteiger partial charge in [0.25, 0.3) is 9.04 Å². The van der Waals surface area contributed by atoms with Crippen molar-refractivity contribution in [2.24, 2.45) is 4.99 Å². The first-order chi connectivity index (χ1) is 9.15. The summed E-state index contributed by atoms with van der Waals surface area (Å²) < 4.78 is 5.82. The van der Waals surface area contributed by atoms with E-state index in [0.29, 0.717) is 0 Å². The molecule has 0 aliphatic carbocycles. The number of hydrogen-bond donors (Lipinski definition) is 0. The van der Waals surface area contributed by atoms with Gasteiger partial charge in [-0.1, -0.05) is 18.2 Å². The highest BCUT2D eigenvalue weighted by Crippen LogP contribution is 2.27. The van der Waals surface area contributed by atoms with E-state index >= 15 is 0 Å². The van der Waals surface area contributed by atoms with Gasteiger partial charge in [-0.05, 0) is 43.8 Å². The SMILES string of the molecule is Cc1ccc(C=Nc2ccccc2O[Si](C)C)nc1. The third-order valence-corrected chi connectivity index (χ3v) is 3.08. The van der Waals surface area contributed by atoms with Gasteiger partial charge in [0, 0.05) is 6.20 Å². The quantitative estimate of drug-likeness (QED) is 0.625. The normalized spacial score (nSPS) is 11.2. The lowest BCUT2D eigenvalue weighted by Crippen LogP contribution is -2.11. The molecule has 0 aliphatic rings. The van der Waals surface area contributed by atoms with Crippen molar-refractivity contribution in [3.63, 3.8) is 0 Å². The Hall–Kier alpha value is -1.94. The molecule has 0 saturated heterocycles. The lowest BCUT2D eigenvalue weighted by Gasteiger charge is -2.10. The van der Waals surface area contributed by atoms with Crippen LogP contribution in [0.15, 0.2) is 47.6 Å². The molecular weight excluding hydrogens is 252 g/mol. The maximum Gasteiger partial charge on any atom is 0.274 e. The minimum atomic E-state index is -0.786. The van der Waals surface area contributed by atoms with Crippen molar-refractivity contribution in [1.82, 2.24) is 4.98 Å². The van der Waals surface area contributed by atoms with Crippen LogP contribution in [0.2, 0.25) is 13.1 Å². The largest absolute Gasteiger partial charge is 0.541 e. The van der Waals surface area contributed by atoms with Crippen LogP contribution in [-0.4, -0.2) is 20.2 Å². The lowest BCUT2D eigenvalue weighted by atomic mass is 10.3. The molecule has 1 aromatic carbocycles. The highest BCUT2D eigenvalue weighted by Gasteiger charge is 2.04. The predicted molar refractivity (Wildman–Crippen MR) is 80.8 cm³/mol. The third-order valence-electron chi connectivity index (χ3n) is 2.45. The number of aryl methyl sites for hydroxylation is 1. The molecule has 0 N–H and O–H groups in total. The van der Waals surface area contributed by atoms with Gasteiger partial charge in [-0.25, -0.2) is 0 Å². The maximum absolute atomic E-state index is 5.82. The Labute approximate surface area is 115 Å². The molecule has 0 atom stereocenters. The number of rotatable bonds is 4. The van der Waals surface area contributed by atoms with E-state index in [9.17, 15) is 0 Å². The summed E-state index contributed by atoms with van der Waals surface area (Å²) in [5, 5.41) is 0. The number of hydrogen-bond acceptors (Lipinski definition) is 3. The van der Waals surface area contributed by atoms with E-state index in [0.717, 1.165) is 22.7 Å². The Morgan fingerprint density at radius 1 is 1.16 bits per heavy atom. The van der Waals surface area contributed by atoms with Crippen LogP contribution in [-0.2, 0) is 0 Å². The van der Waals surface area contributed by atoms with Crippen LogP contribution in [0.5, 0.6) is 5.75 Å². The molecule has 0 bridgehead atoms. The Morgan fingerprint density at radius 2 is 1.95 bits per heavy atom. The molecule has 2 rings (SSSR count). The van der Waals surface area contributed by atoms with E-state index in [1.54, 1.807) is 6.21 Å². The van der Waals surface area contributed by atoms with E-state index < -0.39 is 9.04 Å². The zero-order valence-corrected chi connectivity index (χ0v) is 12.4. The zero-order valence-electron chi connectivity index (χ0n) is 11.4. The number of pyridine rings is 1. The molecule has 0 fully saturated rings. The Morgan fingerprint density at radius 3 is 2.63 bits per heavy atom. The van der Waals surface area contributed by atoms with E-state index in [1.807, 2.05) is 49.5 Å². The minimum Gasteiger partial charge on any atom is -0.541 e. The van der Waals surface area contributed by atoms with Crippen LogP contribution in [0.4, 0.5) is 5.69 Å².